The molecule has 37 nitrogen and oxygen atoms in total. The summed E-state index contributed by atoms with van der Waals surface area (Å²) in [5, 5.41) is 7.30. The molecule has 41 heteroatoms. The van der Waals surface area contributed by atoms with Crippen molar-refractivity contribution < 1.29 is 52.6 Å². The van der Waals surface area contributed by atoms with E-state index in [9.17, 15) is 28.8 Å². The Morgan fingerprint density at radius 3 is 1.08 bits per heavy atom. The van der Waals surface area contributed by atoms with Gasteiger partial charge in [-0.1, -0.05) is 62.9 Å². The number of nitrogens with zero attached hydrogens (tertiary/aromatic N) is 17. The van der Waals surface area contributed by atoms with E-state index in [0.717, 1.165) is 224 Å². The summed E-state index contributed by atoms with van der Waals surface area (Å²) in [7, 11) is 17.2. The molecule has 9 N–H and O–H groups in total. The number of anilines is 12. The van der Waals surface area contributed by atoms with Crippen LogP contribution in [0.15, 0.2) is 165 Å². The maximum Gasteiger partial charge on any atom is 0.413 e. The Kier molecular flexibility index (Phi) is 32.4. The van der Waals surface area contributed by atoms with E-state index in [1.807, 2.05) is 85.6 Å². The summed E-state index contributed by atoms with van der Waals surface area (Å²) in [6, 6.07) is 27.0. The lowest BCUT2D eigenvalue weighted by atomic mass is 10.1. The smallest absolute Gasteiger partial charge is 0.413 e. The number of urea groups is 2. The average molecular weight is 1910 g/mol. The van der Waals surface area contributed by atoms with Crippen LogP contribution in [0.5, 0.6) is 0 Å². The van der Waals surface area contributed by atoms with E-state index >= 15 is 0 Å². The molecule has 0 aliphatic carbocycles. The molecule has 6 aliphatic rings. The zero-order valence-electron chi connectivity index (χ0n) is 74.6. The minimum atomic E-state index is -0.510. The molecule has 131 heavy (non-hydrogen) atoms. The predicted octanol–water partition coefficient (Wildman–Crippen LogP) is 14.2. The number of benzene rings is 6. The van der Waals surface area contributed by atoms with E-state index in [4.69, 9.17) is 49.0 Å². The number of aromatic nitrogens is 12. The lowest BCUT2D eigenvalue weighted by molar-refractivity contribution is -0.121. The number of rotatable bonds is 21. The molecule has 0 spiro atoms. The Morgan fingerprint density at radius 2 is 0.718 bits per heavy atom. The third-order valence-electron chi connectivity index (χ3n) is 23.1. The SMILES string of the molecule is CNC(=O)N(C)c1cc(Cl)c2c(c1)N(Cc1cnc[nH]1)CC2.COC(=O)N(C)c1cc(Br)c2c(c1)N(Cc1cnc[nH]1)CC2.COC(=O)N(C)c1cc(Cl)c2c(c1)N(Cc1cnc[nH]1)CC2.COC(=O)Nc1cc(Cl)c2c(c1)N(Cc1cnc[nH]1)CC2.COCC(=O)N(C)c1ccc2c(c1)N(Cc1cnc[nH]1)CC2.CONC(=O)N(C)c1ccc2c(c1)N(Cc1cnc[nH]1)CC2. The quantitative estimate of drug-likeness (QED) is 0.0238. The van der Waals surface area contributed by atoms with Crippen LogP contribution < -0.4 is 70.0 Å². The normalized spacial score (nSPS) is 13.2. The standard InChI is InChI=1S/C16H20N4O2.C15H17BrN4O2.C15H18ClN5O.C15H17ClN4O2.C15H19N5O2.C14H15ClN4O2/c1-19(16(21)10-22-2)14-4-3-12-5-6-20(15(12)7-14)9-13-8-17-11-18-13;1-19(15(21)22-2)11-5-13(16)12-3-4-20(14(12)6-11)8-10-7-17-9-18-10;1-17-15(22)20(2)11-5-13(16)12-3-4-21(14(12)6-11)8-10-7-18-9-19-10;1-19(15(21)22-2)11-5-13(16)12-3-4-20(14(12)6-11)8-10-7-17-9-18-10;1-19(15(21)18-22-2)13-4-3-11-5-6-20(14(11)7-13)9-12-8-16-10-17-12;1-21-14(20)18-9-4-12(15)11-2-3-19(13(11)5-9)7-10-6-16-8-17-10/h3-4,7-8,11H,5-6,9-10H2,1-2H3,(H,17,18);5-7,9H,3-4,8H2,1-2H3,(H,17,18);5-7,9H,3-4,8H2,1-2H3,(H,17,22)(H,18,19);5-7,9H,3-4,8H2,1-2H3,(H,17,18);3-4,7-8,10H,5-6,9H2,1-2H3,(H,16,17)(H,18,21);4-6,8H,2-3,7H2,1H3,(H,16,17)(H,18,20). The van der Waals surface area contributed by atoms with E-state index < -0.39 is 12.2 Å². The molecule has 6 aliphatic heterocycles. The van der Waals surface area contributed by atoms with Crippen molar-refractivity contribution in [2.75, 3.05) is 183 Å². The number of hydroxylamine groups is 1. The maximum absolute atomic E-state index is 12.0. The van der Waals surface area contributed by atoms with Crippen molar-refractivity contribution in [3.05, 3.63) is 247 Å². The molecule has 8 amide bonds. The summed E-state index contributed by atoms with van der Waals surface area (Å²) < 4.78 is 20.1. The van der Waals surface area contributed by atoms with Crippen molar-refractivity contribution >= 4 is 155 Å². The molecular formula is C90H106BrCl3N26O11. The number of hydrogen-bond acceptors (Lipinski definition) is 23. The third-order valence-corrected chi connectivity index (χ3v) is 24.8. The first kappa shape index (κ1) is 95.1. The number of fused-ring (bicyclic) bond motifs is 6. The fourth-order valence-electron chi connectivity index (χ4n) is 16.0. The molecule has 0 unspecified atom stereocenters. The van der Waals surface area contributed by atoms with E-state index in [1.54, 1.807) is 108 Å². The van der Waals surface area contributed by atoms with Crippen molar-refractivity contribution in [1.82, 2.24) is 70.6 Å². The Labute approximate surface area is 781 Å². The van der Waals surface area contributed by atoms with Gasteiger partial charge >= 0.3 is 30.3 Å². The number of methoxy groups -OCH3 is 4. The second kappa shape index (κ2) is 44.7. The highest BCUT2D eigenvalue weighted by atomic mass is 79.9. The molecule has 6 aromatic carbocycles. The number of hydrogen-bond donors (Lipinski definition) is 9. The first-order valence-corrected chi connectivity index (χ1v) is 43.9. The molecule has 12 heterocycles. The van der Waals surface area contributed by atoms with Gasteiger partial charge in [-0.25, -0.2) is 59.4 Å². The van der Waals surface area contributed by atoms with Crippen molar-refractivity contribution in [2.24, 2.45) is 0 Å². The van der Waals surface area contributed by atoms with E-state index in [-0.39, 0.29) is 30.7 Å². The topological polar surface area (TPSA) is 392 Å². The highest BCUT2D eigenvalue weighted by molar-refractivity contribution is 9.10. The van der Waals surface area contributed by atoms with Crippen molar-refractivity contribution in [3.8, 4) is 0 Å². The fraction of sp³-hybridized carbons (Fsp3) is 0.333. The third kappa shape index (κ3) is 23.6. The van der Waals surface area contributed by atoms with Gasteiger partial charge in [-0.2, -0.15) is 0 Å². The largest absolute Gasteiger partial charge is 0.453 e. The lowest BCUT2D eigenvalue weighted by Gasteiger charge is -2.22. The maximum atomic E-state index is 12.0. The molecule has 690 valence electrons. The number of halogens is 4. The number of carbonyl (C=O) groups excluding carboxylic acids is 6. The van der Waals surface area contributed by atoms with Gasteiger partial charge in [0.2, 0.25) is 0 Å². The van der Waals surface area contributed by atoms with Gasteiger partial charge in [0.25, 0.3) is 5.91 Å². The van der Waals surface area contributed by atoms with Crippen LogP contribution >= 0.6 is 50.7 Å². The van der Waals surface area contributed by atoms with Gasteiger partial charge in [-0.15, -0.1) is 0 Å². The second-order valence-corrected chi connectivity index (χ2v) is 33.3. The van der Waals surface area contributed by atoms with Gasteiger partial charge in [-0.3, -0.25) is 34.5 Å². The number of amides is 8. The molecule has 18 rings (SSSR count). The monoisotopic (exact) mass is 1910 g/mol. The predicted molar refractivity (Wildman–Crippen MR) is 511 cm³/mol. The van der Waals surface area contributed by atoms with Gasteiger partial charge in [0.15, 0.2) is 0 Å². The number of H-pyrrole nitrogens is 6. The summed E-state index contributed by atoms with van der Waals surface area (Å²) >= 11 is 22.7. The van der Waals surface area contributed by atoms with Gasteiger partial charge in [-0.05, 0) is 145 Å². The highest BCUT2D eigenvalue weighted by Crippen LogP contribution is 2.44. The molecule has 0 atom stereocenters. The molecule has 0 saturated carbocycles. The van der Waals surface area contributed by atoms with Crippen LogP contribution in [0.4, 0.5) is 92.2 Å². The molecule has 0 saturated heterocycles. The fourth-order valence-corrected chi connectivity index (χ4v) is 17.5. The summed E-state index contributed by atoms with van der Waals surface area (Å²) in [5.74, 6) is -0.0550. The number of nitrogens with one attached hydrogen (secondary N) is 9. The Hall–Kier alpha value is -13.5. The summed E-state index contributed by atoms with van der Waals surface area (Å²) in [4.78, 5) is 139. The van der Waals surface area contributed by atoms with Crippen molar-refractivity contribution in [1.29, 1.82) is 0 Å². The van der Waals surface area contributed by atoms with Crippen LogP contribution in [-0.2, 0) is 106 Å². The van der Waals surface area contributed by atoms with E-state index in [1.165, 1.54) is 72.6 Å². The second-order valence-electron chi connectivity index (χ2n) is 31.2. The van der Waals surface area contributed by atoms with Crippen LogP contribution in [0.25, 0.3) is 0 Å². The van der Waals surface area contributed by atoms with E-state index in [0.29, 0.717) is 26.4 Å². The molecule has 12 aromatic rings. The lowest BCUT2D eigenvalue weighted by Crippen LogP contribution is -2.36. The average Bonchev–Trinajstić information content (AvgIpc) is 1.65. The zero-order valence-corrected chi connectivity index (χ0v) is 78.4. The molecule has 0 radical (unpaired) electrons. The minimum absolute atomic E-state index is 0.0550. The first-order valence-electron chi connectivity index (χ1n) is 42.0. The van der Waals surface area contributed by atoms with Gasteiger partial charge < -0.3 is 88.5 Å². The van der Waals surface area contributed by atoms with Crippen LogP contribution in [-0.4, -0.2) is 220 Å². The van der Waals surface area contributed by atoms with Crippen LogP contribution in [0.2, 0.25) is 15.1 Å². The van der Waals surface area contributed by atoms with Gasteiger partial charge in [0, 0.05) is 208 Å². The Morgan fingerprint density at radius 1 is 0.389 bits per heavy atom. The van der Waals surface area contributed by atoms with E-state index in [2.05, 4.69) is 149 Å². The summed E-state index contributed by atoms with van der Waals surface area (Å²) in [5.41, 5.74) is 27.2. The number of ether oxygens (including phenoxy) is 4. The molecule has 0 fully saturated rings. The summed E-state index contributed by atoms with van der Waals surface area (Å²) in [6.07, 6.45) is 25.4. The number of imidazole rings is 6. The van der Waals surface area contributed by atoms with Crippen LogP contribution in [0.3, 0.4) is 0 Å². The number of likely N-dealkylation sites (N-methyl/N-ethyl adjacent to an activating group) is 1. The Balaban J connectivity index is 0.000000134. The van der Waals surface area contributed by atoms with Crippen LogP contribution in [0.1, 0.15) is 67.5 Å². The Bertz CT molecular complexity index is 5460. The number of aromatic amines is 6. The number of carbonyl (C=O) groups is 6. The van der Waals surface area contributed by atoms with Gasteiger partial charge in [0.05, 0.1) is 146 Å². The summed E-state index contributed by atoms with van der Waals surface area (Å²) in [6.45, 7) is 10.2. The minimum Gasteiger partial charge on any atom is -0.453 e. The first-order chi connectivity index (χ1) is 63.3. The molecular weight excluding hydrogens is 1810 g/mol. The van der Waals surface area contributed by atoms with Crippen LogP contribution in [0, 0.1) is 0 Å². The highest BCUT2D eigenvalue weighted by Gasteiger charge is 2.31. The molecule has 0 bridgehead atoms. The zero-order chi connectivity index (χ0) is 92.9. The van der Waals surface area contributed by atoms with Crippen molar-refractivity contribution in [3.63, 3.8) is 0 Å². The molecule has 6 aromatic heterocycles. The van der Waals surface area contributed by atoms with Gasteiger partial charge in [0.1, 0.15) is 6.61 Å². The van der Waals surface area contributed by atoms with Crippen molar-refractivity contribution in [2.45, 2.75) is 77.8 Å².